The zero-order valence-corrected chi connectivity index (χ0v) is 13.3. The molecule has 1 aromatic rings. The van der Waals surface area contributed by atoms with Crippen molar-refractivity contribution < 1.29 is 0 Å². The van der Waals surface area contributed by atoms with E-state index >= 15 is 0 Å². The summed E-state index contributed by atoms with van der Waals surface area (Å²) < 4.78 is 2.11. The minimum Gasteiger partial charge on any atom is -0.307 e. The van der Waals surface area contributed by atoms with E-state index in [2.05, 4.69) is 56.6 Å². The molecule has 0 radical (unpaired) electrons. The fourth-order valence-corrected chi connectivity index (χ4v) is 3.65. The Bertz CT molecular complexity index is 435. The number of rotatable bonds is 4. The maximum Gasteiger partial charge on any atom is 0.0644 e. The fraction of sp³-hybridized carbons (Fsp3) is 0.812. The maximum atomic E-state index is 4.63. The zero-order chi connectivity index (χ0) is 14.2. The van der Waals surface area contributed by atoms with Crippen LogP contribution in [0.5, 0.6) is 0 Å². The summed E-state index contributed by atoms with van der Waals surface area (Å²) in [6.45, 7) is 14.5. The van der Waals surface area contributed by atoms with E-state index in [9.17, 15) is 0 Å². The first-order chi connectivity index (χ1) is 8.95. The van der Waals surface area contributed by atoms with Gasteiger partial charge in [0.2, 0.25) is 0 Å². The van der Waals surface area contributed by atoms with E-state index in [0.717, 1.165) is 18.4 Å². The highest BCUT2D eigenvalue weighted by Gasteiger charge is 2.31. The third-order valence-electron chi connectivity index (χ3n) is 5.10. The summed E-state index contributed by atoms with van der Waals surface area (Å²) in [6.07, 6.45) is 2.67. The van der Waals surface area contributed by atoms with Crippen LogP contribution in [0.15, 0.2) is 0 Å². The Labute approximate surface area is 117 Å². The molecular weight excluding hydrogens is 234 g/mol. The predicted octanol–water partition coefficient (Wildman–Crippen LogP) is 3.61. The molecule has 1 aliphatic rings. The largest absolute Gasteiger partial charge is 0.307 e. The lowest BCUT2D eigenvalue weighted by Gasteiger charge is -2.24. The van der Waals surface area contributed by atoms with Crippen molar-refractivity contribution in [1.82, 2.24) is 15.1 Å². The van der Waals surface area contributed by atoms with Gasteiger partial charge in [0.15, 0.2) is 0 Å². The van der Waals surface area contributed by atoms with Crippen molar-refractivity contribution in [2.24, 2.45) is 11.8 Å². The molecule has 0 spiro atoms. The molecule has 3 heteroatoms. The molecule has 3 nitrogen and oxygen atoms in total. The number of nitrogens with one attached hydrogen (secondary N) is 1. The van der Waals surface area contributed by atoms with Crippen molar-refractivity contribution in [3.05, 3.63) is 17.0 Å². The van der Waals surface area contributed by atoms with Crippen molar-refractivity contribution in [2.45, 2.75) is 73.0 Å². The monoisotopic (exact) mass is 263 g/mol. The number of aryl methyl sites for hydroxylation is 2. The van der Waals surface area contributed by atoms with Gasteiger partial charge in [-0.3, -0.25) is 4.68 Å². The summed E-state index contributed by atoms with van der Waals surface area (Å²) in [5.74, 6) is 1.63. The van der Waals surface area contributed by atoms with Crippen LogP contribution in [0.2, 0.25) is 0 Å². The van der Waals surface area contributed by atoms with Gasteiger partial charge in [-0.05, 0) is 52.4 Å². The molecule has 1 fully saturated rings. The molecule has 4 atom stereocenters. The summed E-state index contributed by atoms with van der Waals surface area (Å²) in [5.41, 5.74) is 3.89. The Morgan fingerprint density at radius 2 is 2.00 bits per heavy atom. The van der Waals surface area contributed by atoms with Gasteiger partial charge < -0.3 is 5.32 Å². The lowest BCUT2D eigenvalue weighted by molar-refractivity contribution is 0.346. The van der Waals surface area contributed by atoms with E-state index < -0.39 is 0 Å². The van der Waals surface area contributed by atoms with Crippen molar-refractivity contribution in [3.8, 4) is 0 Å². The van der Waals surface area contributed by atoms with Gasteiger partial charge in [-0.15, -0.1) is 0 Å². The Hall–Kier alpha value is -0.830. The van der Waals surface area contributed by atoms with E-state index in [1.165, 1.54) is 29.8 Å². The van der Waals surface area contributed by atoms with Gasteiger partial charge in [-0.2, -0.15) is 5.10 Å². The molecule has 1 N–H and O–H groups in total. The normalized spacial score (nSPS) is 28.8. The second-order valence-corrected chi connectivity index (χ2v) is 6.31. The average molecular weight is 263 g/mol. The third-order valence-corrected chi connectivity index (χ3v) is 5.10. The Balaban J connectivity index is 2.12. The van der Waals surface area contributed by atoms with E-state index in [-0.39, 0.29) is 0 Å². The minimum atomic E-state index is 0.401. The molecule has 19 heavy (non-hydrogen) atoms. The van der Waals surface area contributed by atoms with Crippen LogP contribution in [-0.4, -0.2) is 15.8 Å². The van der Waals surface area contributed by atoms with Crippen molar-refractivity contribution in [3.63, 3.8) is 0 Å². The topological polar surface area (TPSA) is 29.9 Å². The van der Waals surface area contributed by atoms with Crippen LogP contribution < -0.4 is 5.32 Å². The van der Waals surface area contributed by atoms with Gasteiger partial charge in [0.25, 0.3) is 0 Å². The second-order valence-electron chi connectivity index (χ2n) is 6.31. The maximum absolute atomic E-state index is 4.63. The van der Waals surface area contributed by atoms with Gasteiger partial charge in [-0.25, -0.2) is 0 Å². The van der Waals surface area contributed by atoms with Crippen molar-refractivity contribution in [2.75, 3.05) is 0 Å². The third kappa shape index (κ3) is 2.71. The molecule has 1 aliphatic carbocycles. The first-order valence-corrected chi connectivity index (χ1v) is 7.75. The smallest absolute Gasteiger partial charge is 0.0644 e. The van der Waals surface area contributed by atoms with Crippen LogP contribution in [0.3, 0.4) is 0 Å². The highest BCUT2D eigenvalue weighted by atomic mass is 15.3. The molecule has 108 valence electrons. The van der Waals surface area contributed by atoms with Gasteiger partial charge in [0, 0.05) is 29.9 Å². The molecule has 0 aromatic carbocycles. The lowest BCUT2D eigenvalue weighted by atomic mass is 9.96. The highest BCUT2D eigenvalue weighted by molar-refractivity contribution is 5.28. The van der Waals surface area contributed by atoms with E-state index in [4.69, 9.17) is 0 Å². The quantitative estimate of drug-likeness (QED) is 0.899. The van der Waals surface area contributed by atoms with Crippen molar-refractivity contribution >= 4 is 0 Å². The van der Waals surface area contributed by atoms with E-state index in [0.29, 0.717) is 12.1 Å². The average Bonchev–Trinajstić information content (AvgIpc) is 2.83. The van der Waals surface area contributed by atoms with Crippen molar-refractivity contribution in [1.29, 1.82) is 0 Å². The molecule has 1 heterocycles. The molecule has 0 saturated heterocycles. The van der Waals surface area contributed by atoms with E-state index in [1.807, 2.05) is 0 Å². The zero-order valence-electron chi connectivity index (χ0n) is 13.3. The fourth-order valence-electron chi connectivity index (χ4n) is 3.65. The molecule has 1 aromatic heterocycles. The second kappa shape index (κ2) is 5.66. The SMILES string of the molecule is CCn1nc(C)c(C(C)NC2CCC(C)C2C)c1C. The van der Waals surface area contributed by atoms with Crippen LogP contribution in [0.4, 0.5) is 0 Å². The van der Waals surface area contributed by atoms with Gasteiger partial charge in [-0.1, -0.05) is 13.8 Å². The van der Waals surface area contributed by atoms with E-state index in [1.54, 1.807) is 0 Å². The molecule has 0 bridgehead atoms. The first kappa shape index (κ1) is 14.6. The molecule has 1 saturated carbocycles. The first-order valence-electron chi connectivity index (χ1n) is 7.75. The number of hydrogen-bond donors (Lipinski definition) is 1. The summed E-state index contributed by atoms with van der Waals surface area (Å²) in [6, 6.07) is 1.06. The van der Waals surface area contributed by atoms with Gasteiger partial charge >= 0.3 is 0 Å². The Morgan fingerprint density at radius 1 is 1.32 bits per heavy atom. The Kier molecular flexibility index (Phi) is 4.34. The predicted molar refractivity (Wildman–Crippen MR) is 80.3 cm³/mol. The van der Waals surface area contributed by atoms with Crippen LogP contribution >= 0.6 is 0 Å². The molecule has 0 aliphatic heterocycles. The molecule has 4 unspecified atom stereocenters. The number of hydrogen-bond acceptors (Lipinski definition) is 2. The summed E-state index contributed by atoms with van der Waals surface area (Å²) in [5, 5.41) is 8.48. The standard InChI is InChI=1S/C16H29N3/c1-7-19-14(6)16(13(5)18-19)12(4)17-15-9-8-10(2)11(15)3/h10-12,15,17H,7-9H2,1-6H3. The van der Waals surface area contributed by atoms with Crippen LogP contribution in [0.1, 0.15) is 63.5 Å². The Morgan fingerprint density at radius 3 is 2.47 bits per heavy atom. The summed E-state index contributed by atoms with van der Waals surface area (Å²) in [4.78, 5) is 0. The molecule has 0 amide bonds. The number of aromatic nitrogens is 2. The van der Waals surface area contributed by atoms with Gasteiger partial charge in [0.1, 0.15) is 0 Å². The van der Waals surface area contributed by atoms with Crippen LogP contribution in [0, 0.1) is 25.7 Å². The number of nitrogens with zero attached hydrogens (tertiary/aromatic N) is 2. The minimum absolute atomic E-state index is 0.401. The van der Waals surface area contributed by atoms with Crippen LogP contribution in [-0.2, 0) is 6.54 Å². The highest BCUT2D eigenvalue weighted by Crippen LogP contribution is 2.33. The summed E-state index contributed by atoms with van der Waals surface area (Å²) in [7, 11) is 0. The van der Waals surface area contributed by atoms with Crippen LogP contribution in [0.25, 0.3) is 0 Å². The van der Waals surface area contributed by atoms with Gasteiger partial charge in [0.05, 0.1) is 5.69 Å². The lowest BCUT2D eigenvalue weighted by Crippen LogP contribution is -2.34. The molecular formula is C16H29N3. The molecule has 2 rings (SSSR count). The summed E-state index contributed by atoms with van der Waals surface area (Å²) >= 11 is 0.